The zero-order valence-electron chi connectivity index (χ0n) is 17.7. The second kappa shape index (κ2) is 10.7. The molecule has 4 heterocycles. The highest BCUT2D eigenvalue weighted by Crippen LogP contribution is 2.12. The number of anilines is 1. The first kappa shape index (κ1) is 21.7. The fourth-order valence-corrected chi connectivity index (χ4v) is 3.41. The maximum Gasteiger partial charge on any atom is 0.222 e. The molecule has 160 valence electrons. The molecule has 1 N–H and O–H groups in total. The average Bonchev–Trinajstić information content (AvgIpc) is 3.42. The van der Waals surface area contributed by atoms with E-state index in [1.807, 2.05) is 45.6 Å². The van der Waals surface area contributed by atoms with Gasteiger partial charge in [-0.2, -0.15) is 5.10 Å². The van der Waals surface area contributed by atoms with Gasteiger partial charge in [-0.15, -0.1) is 0 Å². The number of aryl methyl sites for hydroxylation is 1. The van der Waals surface area contributed by atoms with Crippen LogP contribution in [0, 0.1) is 0 Å². The zero-order valence-corrected chi connectivity index (χ0v) is 17.7. The van der Waals surface area contributed by atoms with Crippen molar-refractivity contribution in [1.29, 1.82) is 0 Å². The zero-order chi connectivity index (χ0) is 21.3. The number of hydrogen-bond donors (Lipinski definition) is 1. The normalized spacial score (nSPS) is 13.4. The monoisotopic (exact) mass is 410 g/mol. The Morgan fingerprint density at radius 3 is 2.73 bits per heavy atom. The van der Waals surface area contributed by atoms with E-state index in [1.165, 1.54) is 5.69 Å². The molecule has 1 aliphatic heterocycles. The van der Waals surface area contributed by atoms with Gasteiger partial charge in [-0.3, -0.25) is 4.79 Å². The van der Waals surface area contributed by atoms with E-state index in [9.17, 15) is 4.79 Å². The molecule has 8 heteroatoms. The van der Waals surface area contributed by atoms with Crippen molar-refractivity contribution in [2.75, 3.05) is 31.6 Å². The molecule has 1 amide bonds. The fourth-order valence-electron chi connectivity index (χ4n) is 3.41. The molecular weight excluding hydrogens is 380 g/mol. The maximum atomic E-state index is 11.5. The molecule has 1 fully saturated rings. The summed E-state index contributed by atoms with van der Waals surface area (Å²) in [7, 11) is 1.96. The minimum absolute atomic E-state index is 0.0132. The highest BCUT2D eigenvalue weighted by molar-refractivity contribution is 5.78. The number of likely N-dealkylation sites (N-methyl/N-ethyl adjacent to an activating group) is 1. The van der Waals surface area contributed by atoms with Gasteiger partial charge in [0.15, 0.2) is 5.65 Å². The Hall–Kier alpha value is -3.00. The second-order valence-corrected chi connectivity index (χ2v) is 7.39. The lowest BCUT2D eigenvalue weighted by Crippen LogP contribution is -2.34. The van der Waals surface area contributed by atoms with Crippen LogP contribution >= 0.6 is 0 Å². The molecule has 0 aliphatic carbocycles. The fraction of sp³-hybridized carbons (Fsp3) is 0.455. The standard InChI is InChI=1S/C13H19N3O2.C9H11N3/c1-15(7-8-16-6-2-3-13(16)18)12-5-4-11(10-17)9-14-12;1-2-4-8-5-3-6-9-10-7-11-12(8)9/h4-5,9,17H,2-3,6-8,10H2,1H3;3,5-7H,2,4H2,1H3. The van der Waals surface area contributed by atoms with Crippen LogP contribution in [0.2, 0.25) is 0 Å². The Bertz CT molecular complexity index is 940. The van der Waals surface area contributed by atoms with Crippen molar-refractivity contribution >= 4 is 17.4 Å². The third-order valence-electron chi connectivity index (χ3n) is 5.15. The minimum Gasteiger partial charge on any atom is -0.392 e. The van der Waals surface area contributed by atoms with Crippen molar-refractivity contribution in [2.24, 2.45) is 0 Å². The summed E-state index contributed by atoms with van der Waals surface area (Å²) in [5.41, 5.74) is 2.97. The van der Waals surface area contributed by atoms with E-state index in [0.29, 0.717) is 6.42 Å². The molecule has 0 atom stereocenters. The molecule has 8 nitrogen and oxygen atoms in total. The predicted molar refractivity (Wildman–Crippen MR) is 116 cm³/mol. The van der Waals surface area contributed by atoms with E-state index in [4.69, 9.17) is 5.11 Å². The van der Waals surface area contributed by atoms with Gasteiger partial charge in [0.25, 0.3) is 0 Å². The molecule has 1 saturated heterocycles. The number of aromatic nitrogens is 4. The summed E-state index contributed by atoms with van der Waals surface area (Å²) < 4.78 is 1.89. The van der Waals surface area contributed by atoms with E-state index < -0.39 is 0 Å². The Kier molecular flexibility index (Phi) is 7.73. The predicted octanol–water partition coefficient (Wildman–Crippen LogP) is 2.31. The largest absolute Gasteiger partial charge is 0.392 e. The lowest BCUT2D eigenvalue weighted by Gasteiger charge is -2.22. The molecule has 0 unspecified atom stereocenters. The van der Waals surface area contributed by atoms with Crippen LogP contribution in [0.3, 0.4) is 0 Å². The third-order valence-corrected chi connectivity index (χ3v) is 5.15. The Balaban J connectivity index is 0.000000184. The molecule has 1 aliphatic rings. The highest BCUT2D eigenvalue weighted by atomic mass is 16.3. The Labute approximate surface area is 177 Å². The molecule has 30 heavy (non-hydrogen) atoms. The van der Waals surface area contributed by atoms with Gasteiger partial charge in [-0.1, -0.05) is 25.5 Å². The summed E-state index contributed by atoms with van der Waals surface area (Å²) in [5, 5.41) is 13.1. The Morgan fingerprint density at radius 2 is 2.07 bits per heavy atom. The number of aliphatic hydroxyl groups is 1. The SMILES string of the molecule is CCCc1cccc2ncnn12.CN(CCN1CCCC1=O)c1ccc(CO)cn1. The number of nitrogens with zero attached hydrogens (tertiary/aromatic N) is 6. The van der Waals surface area contributed by atoms with E-state index in [1.54, 1.807) is 12.5 Å². The van der Waals surface area contributed by atoms with Crippen LogP contribution < -0.4 is 4.90 Å². The van der Waals surface area contributed by atoms with Crippen LogP contribution in [0.4, 0.5) is 5.82 Å². The van der Waals surface area contributed by atoms with Crippen LogP contribution in [0.15, 0.2) is 42.9 Å². The number of rotatable bonds is 7. The number of fused-ring (bicyclic) bond motifs is 1. The maximum absolute atomic E-state index is 11.5. The van der Waals surface area contributed by atoms with Crippen LogP contribution in [-0.4, -0.2) is 62.2 Å². The van der Waals surface area contributed by atoms with Crippen molar-refractivity contribution in [3.05, 3.63) is 54.1 Å². The summed E-state index contributed by atoms with van der Waals surface area (Å²) >= 11 is 0. The van der Waals surface area contributed by atoms with Gasteiger partial charge in [0.1, 0.15) is 12.1 Å². The summed E-state index contributed by atoms with van der Waals surface area (Å²) in [6.45, 7) is 4.58. The van der Waals surface area contributed by atoms with Gasteiger partial charge in [0.2, 0.25) is 5.91 Å². The highest BCUT2D eigenvalue weighted by Gasteiger charge is 2.19. The average molecular weight is 411 g/mol. The molecule has 3 aromatic heterocycles. The van der Waals surface area contributed by atoms with Gasteiger partial charge in [-0.25, -0.2) is 14.5 Å². The number of carbonyl (C=O) groups excluding carboxylic acids is 1. The first-order chi connectivity index (χ1) is 14.6. The second-order valence-electron chi connectivity index (χ2n) is 7.39. The molecule has 3 aromatic rings. The lowest BCUT2D eigenvalue weighted by molar-refractivity contribution is -0.127. The number of carbonyl (C=O) groups is 1. The van der Waals surface area contributed by atoms with Crippen molar-refractivity contribution in [1.82, 2.24) is 24.5 Å². The summed E-state index contributed by atoms with van der Waals surface area (Å²) in [5.74, 6) is 1.12. The quantitative estimate of drug-likeness (QED) is 0.643. The molecule has 0 saturated carbocycles. The van der Waals surface area contributed by atoms with Gasteiger partial charge < -0.3 is 14.9 Å². The number of amides is 1. The number of pyridine rings is 2. The molecule has 0 radical (unpaired) electrons. The lowest BCUT2D eigenvalue weighted by atomic mass is 10.2. The minimum atomic E-state index is 0.0132. The summed E-state index contributed by atoms with van der Waals surface area (Å²) in [6.07, 6.45) is 7.13. The smallest absolute Gasteiger partial charge is 0.222 e. The van der Waals surface area contributed by atoms with Gasteiger partial charge in [0.05, 0.1) is 6.61 Å². The van der Waals surface area contributed by atoms with Crippen LogP contribution in [0.1, 0.15) is 37.4 Å². The van der Waals surface area contributed by atoms with Gasteiger partial charge in [-0.05, 0) is 36.6 Å². The van der Waals surface area contributed by atoms with E-state index >= 15 is 0 Å². The van der Waals surface area contributed by atoms with Crippen molar-refractivity contribution in [3.63, 3.8) is 0 Å². The topological polar surface area (TPSA) is 86.9 Å². The Morgan fingerprint density at radius 1 is 1.20 bits per heavy atom. The first-order valence-corrected chi connectivity index (χ1v) is 10.4. The van der Waals surface area contributed by atoms with Gasteiger partial charge in [0, 0.05) is 45.0 Å². The molecule has 0 aromatic carbocycles. The molecule has 0 spiro atoms. The third kappa shape index (κ3) is 5.54. The number of hydrogen-bond acceptors (Lipinski definition) is 6. The van der Waals surface area contributed by atoms with E-state index in [0.717, 1.165) is 55.9 Å². The number of likely N-dealkylation sites (tertiary alicyclic amines) is 1. The van der Waals surface area contributed by atoms with E-state index in [2.05, 4.69) is 28.1 Å². The van der Waals surface area contributed by atoms with Crippen LogP contribution in [0.5, 0.6) is 0 Å². The van der Waals surface area contributed by atoms with Crippen LogP contribution in [-0.2, 0) is 17.8 Å². The van der Waals surface area contributed by atoms with Crippen molar-refractivity contribution in [2.45, 2.75) is 39.2 Å². The van der Waals surface area contributed by atoms with Crippen molar-refractivity contribution < 1.29 is 9.90 Å². The summed E-state index contributed by atoms with van der Waals surface area (Å²) in [4.78, 5) is 23.8. The first-order valence-electron chi connectivity index (χ1n) is 10.4. The van der Waals surface area contributed by atoms with E-state index in [-0.39, 0.29) is 12.5 Å². The molecule has 0 bridgehead atoms. The van der Waals surface area contributed by atoms with Crippen LogP contribution in [0.25, 0.3) is 5.65 Å². The molecular formula is C22H30N6O2. The number of aliphatic hydroxyl groups excluding tert-OH is 1. The summed E-state index contributed by atoms with van der Waals surface area (Å²) in [6, 6.07) is 9.82. The van der Waals surface area contributed by atoms with Crippen molar-refractivity contribution in [3.8, 4) is 0 Å². The van der Waals surface area contributed by atoms with Gasteiger partial charge >= 0.3 is 0 Å². The molecule has 4 rings (SSSR count).